The molecule has 0 aliphatic carbocycles. The van der Waals surface area contributed by atoms with Gasteiger partial charge < -0.3 is 0 Å². The minimum Gasteiger partial charge on any atom is -0.260 e. The molecule has 0 radical (unpaired) electrons. The highest BCUT2D eigenvalue weighted by Crippen LogP contribution is 2.18. The predicted octanol–water partition coefficient (Wildman–Crippen LogP) is 3.35. The van der Waals surface area contributed by atoms with Gasteiger partial charge in [-0.3, -0.25) is 4.98 Å². The van der Waals surface area contributed by atoms with Gasteiger partial charge in [-0.15, -0.1) is 0 Å². The van der Waals surface area contributed by atoms with E-state index >= 15 is 0 Å². The van der Waals surface area contributed by atoms with E-state index in [1.165, 1.54) is 5.56 Å². The SMILES string of the molecule is Cc1cnc(CC(C)C)c(Br)c1. The van der Waals surface area contributed by atoms with Crippen molar-refractivity contribution in [2.45, 2.75) is 27.2 Å². The van der Waals surface area contributed by atoms with Crippen molar-refractivity contribution in [3.63, 3.8) is 0 Å². The summed E-state index contributed by atoms with van der Waals surface area (Å²) in [6.07, 6.45) is 2.96. The molecule has 1 rings (SSSR count). The van der Waals surface area contributed by atoms with Crippen LogP contribution in [0.25, 0.3) is 0 Å². The molecule has 0 amide bonds. The molecule has 0 aliphatic heterocycles. The van der Waals surface area contributed by atoms with E-state index in [2.05, 4.69) is 47.8 Å². The summed E-state index contributed by atoms with van der Waals surface area (Å²) in [5, 5.41) is 0. The van der Waals surface area contributed by atoms with Crippen LogP contribution in [0.4, 0.5) is 0 Å². The molecule has 0 N–H and O–H groups in total. The van der Waals surface area contributed by atoms with Crippen LogP contribution < -0.4 is 0 Å². The summed E-state index contributed by atoms with van der Waals surface area (Å²) in [5.74, 6) is 0.663. The Bertz CT molecular complexity index is 269. The molecule has 1 heterocycles. The molecule has 0 saturated carbocycles. The number of aryl methyl sites for hydroxylation is 1. The third kappa shape index (κ3) is 2.59. The third-order valence-corrected chi connectivity index (χ3v) is 2.34. The molecule has 0 aliphatic rings. The molecular weight excluding hydrogens is 214 g/mol. The molecule has 0 spiro atoms. The molecule has 0 fully saturated rings. The minimum atomic E-state index is 0.663. The van der Waals surface area contributed by atoms with Gasteiger partial charge >= 0.3 is 0 Å². The quantitative estimate of drug-likeness (QED) is 0.756. The number of aromatic nitrogens is 1. The van der Waals surface area contributed by atoms with Crippen molar-refractivity contribution in [3.8, 4) is 0 Å². The van der Waals surface area contributed by atoms with Crippen LogP contribution in [0, 0.1) is 12.8 Å². The predicted molar refractivity (Wildman–Crippen MR) is 55.2 cm³/mol. The Morgan fingerprint density at radius 2 is 2.17 bits per heavy atom. The number of pyridine rings is 1. The maximum atomic E-state index is 4.37. The zero-order valence-electron chi connectivity index (χ0n) is 7.76. The lowest BCUT2D eigenvalue weighted by molar-refractivity contribution is 0.633. The Labute approximate surface area is 82.3 Å². The fraction of sp³-hybridized carbons (Fsp3) is 0.500. The normalized spacial score (nSPS) is 10.8. The Morgan fingerprint density at radius 1 is 1.50 bits per heavy atom. The van der Waals surface area contributed by atoms with E-state index in [0.29, 0.717) is 5.92 Å². The van der Waals surface area contributed by atoms with E-state index < -0.39 is 0 Å². The molecule has 1 aromatic rings. The summed E-state index contributed by atoms with van der Waals surface area (Å²) in [6.45, 7) is 6.46. The first-order valence-electron chi connectivity index (χ1n) is 4.20. The standard InChI is InChI=1S/C10H14BrN/c1-7(2)4-10-9(11)5-8(3)6-12-10/h5-7H,4H2,1-3H3. The lowest BCUT2D eigenvalue weighted by Gasteiger charge is -2.06. The molecule has 0 atom stereocenters. The molecule has 0 bridgehead atoms. The lowest BCUT2D eigenvalue weighted by atomic mass is 10.1. The Balaban J connectivity index is 2.86. The van der Waals surface area contributed by atoms with Crippen molar-refractivity contribution >= 4 is 15.9 Å². The van der Waals surface area contributed by atoms with Crippen molar-refractivity contribution in [1.82, 2.24) is 4.98 Å². The van der Waals surface area contributed by atoms with E-state index in [9.17, 15) is 0 Å². The zero-order valence-corrected chi connectivity index (χ0v) is 9.35. The van der Waals surface area contributed by atoms with Gasteiger partial charge in [-0.2, -0.15) is 0 Å². The topological polar surface area (TPSA) is 12.9 Å². The molecule has 0 unspecified atom stereocenters. The Morgan fingerprint density at radius 3 is 2.67 bits per heavy atom. The number of nitrogens with zero attached hydrogens (tertiary/aromatic N) is 1. The van der Waals surface area contributed by atoms with Crippen molar-refractivity contribution in [3.05, 3.63) is 28.0 Å². The maximum absolute atomic E-state index is 4.37. The van der Waals surface area contributed by atoms with E-state index in [-0.39, 0.29) is 0 Å². The second-order valence-electron chi connectivity index (χ2n) is 3.54. The van der Waals surface area contributed by atoms with Gasteiger partial charge in [-0.25, -0.2) is 0 Å². The van der Waals surface area contributed by atoms with Gasteiger partial charge in [0.2, 0.25) is 0 Å². The van der Waals surface area contributed by atoms with Gasteiger partial charge in [0.05, 0.1) is 5.69 Å². The zero-order chi connectivity index (χ0) is 9.14. The summed E-state index contributed by atoms with van der Waals surface area (Å²) >= 11 is 3.51. The molecule has 1 nitrogen and oxygen atoms in total. The number of hydrogen-bond acceptors (Lipinski definition) is 1. The second-order valence-corrected chi connectivity index (χ2v) is 4.39. The molecule has 66 valence electrons. The van der Waals surface area contributed by atoms with Crippen molar-refractivity contribution < 1.29 is 0 Å². The van der Waals surface area contributed by atoms with Gasteiger partial charge in [0.1, 0.15) is 0 Å². The van der Waals surface area contributed by atoms with Crippen molar-refractivity contribution in [2.75, 3.05) is 0 Å². The van der Waals surface area contributed by atoms with Crippen LogP contribution in [0.3, 0.4) is 0 Å². The first-order valence-corrected chi connectivity index (χ1v) is 5.00. The van der Waals surface area contributed by atoms with Crippen LogP contribution in [-0.4, -0.2) is 4.98 Å². The number of hydrogen-bond donors (Lipinski definition) is 0. The van der Waals surface area contributed by atoms with Crippen molar-refractivity contribution in [2.24, 2.45) is 5.92 Å². The van der Waals surface area contributed by atoms with E-state index in [1.807, 2.05) is 6.20 Å². The van der Waals surface area contributed by atoms with Crippen LogP contribution in [0.5, 0.6) is 0 Å². The first-order chi connectivity index (χ1) is 5.59. The molecule has 1 aromatic heterocycles. The average Bonchev–Trinajstić information content (AvgIpc) is 1.94. The Kier molecular flexibility index (Phi) is 3.27. The number of rotatable bonds is 2. The van der Waals surface area contributed by atoms with E-state index in [1.54, 1.807) is 0 Å². The molecule has 12 heavy (non-hydrogen) atoms. The second kappa shape index (κ2) is 4.04. The van der Waals surface area contributed by atoms with Crippen molar-refractivity contribution in [1.29, 1.82) is 0 Å². The fourth-order valence-electron chi connectivity index (χ4n) is 1.10. The van der Waals surface area contributed by atoms with Crippen LogP contribution >= 0.6 is 15.9 Å². The lowest BCUT2D eigenvalue weighted by Crippen LogP contribution is -1.98. The van der Waals surface area contributed by atoms with Crippen LogP contribution in [0.1, 0.15) is 25.1 Å². The van der Waals surface area contributed by atoms with Gasteiger partial charge in [0, 0.05) is 10.7 Å². The molecule has 0 aromatic carbocycles. The molecular formula is C10H14BrN. The first kappa shape index (κ1) is 9.72. The molecule has 0 saturated heterocycles. The summed E-state index contributed by atoms with van der Waals surface area (Å²) in [7, 11) is 0. The average molecular weight is 228 g/mol. The summed E-state index contributed by atoms with van der Waals surface area (Å²) in [5.41, 5.74) is 2.37. The summed E-state index contributed by atoms with van der Waals surface area (Å²) in [4.78, 5) is 4.37. The van der Waals surface area contributed by atoms with Gasteiger partial charge in [0.15, 0.2) is 0 Å². The summed E-state index contributed by atoms with van der Waals surface area (Å²) < 4.78 is 1.14. The highest BCUT2D eigenvalue weighted by molar-refractivity contribution is 9.10. The molecule has 2 heteroatoms. The highest BCUT2D eigenvalue weighted by Gasteiger charge is 2.03. The third-order valence-electron chi connectivity index (χ3n) is 1.66. The smallest absolute Gasteiger partial charge is 0.0548 e. The number of halogens is 1. The minimum absolute atomic E-state index is 0.663. The Hall–Kier alpha value is -0.370. The van der Waals surface area contributed by atoms with E-state index in [4.69, 9.17) is 0 Å². The van der Waals surface area contributed by atoms with E-state index in [0.717, 1.165) is 16.6 Å². The van der Waals surface area contributed by atoms with Gasteiger partial charge in [-0.05, 0) is 46.8 Å². The largest absolute Gasteiger partial charge is 0.260 e. The van der Waals surface area contributed by atoms with Gasteiger partial charge in [0.25, 0.3) is 0 Å². The van der Waals surface area contributed by atoms with Gasteiger partial charge in [-0.1, -0.05) is 13.8 Å². The fourth-order valence-corrected chi connectivity index (χ4v) is 1.72. The monoisotopic (exact) mass is 227 g/mol. The van der Waals surface area contributed by atoms with Crippen LogP contribution in [0.15, 0.2) is 16.7 Å². The highest BCUT2D eigenvalue weighted by atomic mass is 79.9. The van der Waals surface area contributed by atoms with Crippen LogP contribution in [0.2, 0.25) is 0 Å². The van der Waals surface area contributed by atoms with Crippen LogP contribution in [-0.2, 0) is 6.42 Å². The summed E-state index contributed by atoms with van der Waals surface area (Å²) in [6, 6.07) is 2.12. The maximum Gasteiger partial charge on any atom is 0.0548 e.